The highest BCUT2D eigenvalue weighted by Gasteiger charge is 2.37. The van der Waals surface area contributed by atoms with Gasteiger partial charge >= 0.3 is 0 Å². The predicted molar refractivity (Wildman–Crippen MR) is 78.2 cm³/mol. The fraction of sp³-hybridized carbons (Fsp3) is 0.600. The van der Waals surface area contributed by atoms with Crippen LogP contribution in [-0.2, 0) is 0 Å². The van der Waals surface area contributed by atoms with E-state index in [9.17, 15) is 0 Å². The Morgan fingerprint density at radius 1 is 1.06 bits per heavy atom. The highest BCUT2D eigenvalue weighted by atomic mass is 35.5. The molecule has 0 bridgehead atoms. The van der Waals surface area contributed by atoms with Crippen LogP contribution < -0.4 is 10.6 Å². The molecule has 1 aromatic rings. The number of nitrogen functional groups attached to an aromatic ring is 1. The number of benzene rings is 1. The second kappa shape index (κ2) is 4.65. The first-order valence-electron chi connectivity index (χ1n) is 6.99. The largest absolute Gasteiger partial charge is 0.399 e. The summed E-state index contributed by atoms with van der Waals surface area (Å²) in [7, 11) is 0. The molecule has 2 aliphatic rings. The predicted octanol–water partition coefficient (Wildman–Crippen LogP) is 4.08. The third-order valence-corrected chi connectivity index (χ3v) is 5.10. The van der Waals surface area contributed by atoms with E-state index >= 15 is 0 Å². The Morgan fingerprint density at radius 3 is 2.33 bits per heavy atom. The highest BCUT2D eigenvalue weighted by Crippen LogP contribution is 2.47. The van der Waals surface area contributed by atoms with Crippen LogP contribution in [0, 0.1) is 5.41 Å². The van der Waals surface area contributed by atoms with Crippen molar-refractivity contribution in [2.24, 2.45) is 5.41 Å². The van der Waals surface area contributed by atoms with Crippen molar-refractivity contribution in [1.29, 1.82) is 0 Å². The molecule has 1 saturated carbocycles. The first-order chi connectivity index (χ1) is 8.69. The molecule has 1 heterocycles. The number of halogens is 1. The van der Waals surface area contributed by atoms with Crippen LogP contribution in [0.25, 0.3) is 0 Å². The van der Waals surface area contributed by atoms with Gasteiger partial charge in [-0.1, -0.05) is 24.4 Å². The van der Waals surface area contributed by atoms with Gasteiger partial charge in [-0.05, 0) is 49.3 Å². The van der Waals surface area contributed by atoms with Gasteiger partial charge in [0.2, 0.25) is 0 Å². The summed E-state index contributed by atoms with van der Waals surface area (Å²) < 4.78 is 0. The Bertz CT molecular complexity index is 428. The third-order valence-electron chi connectivity index (χ3n) is 4.80. The molecule has 2 N–H and O–H groups in total. The molecule has 2 fully saturated rings. The summed E-state index contributed by atoms with van der Waals surface area (Å²) in [5.74, 6) is 0. The van der Waals surface area contributed by atoms with Crippen LogP contribution in [0.2, 0.25) is 5.02 Å². The number of nitrogens with two attached hydrogens (primary N) is 1. The zero-order valence-electron chi connectivity index (χ0n) is 10.8. The van der Waals surface area contributed by atoms with E-state index in [1.165, 1.54) is 38.5 Å². The molecular weight excluding hydrogens is 244 g/mol. The monoisotopic (exact) mass is 264 g/mol. The first kappa shape index (κ1) is 12.2. The topological polar surface area (TPSA) is 29.3 Å². The molecule has 3 rings (SSSR count). The minimum absolute atomic E-state index is 0.663. The van der Waals surface area contributed by atoms with E-state index < -0.39 is 0 Å². The van der Waals surface area contributed by atoms with Gasteiger partial charge in [0.15, 0.2) is 0 Å². The maximum atomic E-state index is 6.29. The maximum Gasteiger partial charge on any atom is 0.0660 e. The van der Waals surface area contributed by atoms with E-state index in [2.05, 4.69) is 11.0 Å². The highest BCUT2D eigenvalue weighted by molar-refractivity contribution is 6.33. The van der Waals surface area contributed by atoms with Gasteiger partial charge in [-0.3, -0.25) is 0 Å². The Balaban J connectivity index is 1.72. The van der Waals surface area contributed by atoms with Crippen LogP contribution in [-0.4, -0.2) is 13.1 Å². The van der Waals surface area contributed by atoms with Gasteiger partial charge in [-0.25, -0.2) is 0 Å². The molecule has 3 heteroatoms. The number of nitrogens with zero attached hydrogens (tertiary/aromatic N) is 1. The number of hydrogen-bond acceptors (Lipinski definition) is 2. The maximum absolute atomic E-state index is 6.29. The van der Waals surface area contributed by atoms with E-state index in [1.807, 2.05) is 12.1 Å². The number of anilines is 2. The molecule has 0 unspecified atom stereocenters. The second-order valence-electron chi connectivity index (χ2n) is 5.91. The van der Waals surface area contributed by atoms with Crippen molar-refractivity contribution in [1.82, 2.24) is 0 Å². The molecule has 1 aliphatic carbocycles. The van der Waals surface area contributed by atoms with Gasteiger partial charge in [-0.15, -0.1) is 0 Å². The summed E-state index contributed by atoms with van der Waals surface area (Å²) in [6, 6.07) is 5.86. The first-order valence-corrected chi connectivity index (χ1v) is 7.36. The smallest absolute Gasteiger partial charge is 0.0660 e. The second-order valence-corrected chi connectivity index (χ2v) is 6.31. The summed E-state index contributed by atoms with van der Waals surface area (Å²) in [5.41, 5.74) is 8.31. The lowest BCUT2D eigenvalue weighted by atomic mass is 9.77. The van der Waals surface area contributed by atoms with Gasteiger partial charge in [0, 0.05) is 18.8 Å². The van der Waals surface area contributed by atoms with Crippen molar-refractivity contribution in [2.45, 2.75) is 38.5 Å². The fourth-order valence-electron chi connectivity index (χ4n) is 3.63. The van der Waals surface area contributed by atoms with Gasteiger partial charge in [0.25, 0.3) is 0 Å². The normalized spacial score (nSPS) is 22.6. The quantitative estimate of drug-likeness (QED) is 0.775. The molecule has 2 nitrogen and oxygen atoms in total. The molecule has 98 valence electrons. The summed E-state index contributed by atoms with van der Waals surface area (Å²) >= 11 is 6.29. The molecule has 0 radical (unpaired) electrons. The van der Waals surface area contributed by atoms with E-state index in [0.29, 0.717) is 5.41 Å². The van der Waals surface area contributed by atoms with Gasteiger partial charge in [0.05, 0.1) is 10.7 Å². The minimum atomic E-state index is 0.663. The average molecular weight is 265 g/mol. The molecule has 1 aromatic carbocycles. The number of hydrogen-bond donors (Lipinski definition) is 1. The van der Waals surface area contributed by atoms with Crippen molar-refractivity contribution >= 4 is 23.0 Å². The van der Waals surface area contributed by atoms with Crippen molar-refractivity contribution in [3.63, 3.8) is 0 Å². The van der Waals surface area contributed by atoms with Crippen molar-refractivity contribution in [3.05, 3.63) is 23.2 Å². The van der Waals surface area contributed by atoms with E-state index in [1.54, 1.807) is 0 Å². The lowest BCUT2D eigenvalue weighted by Gasteiger charge is -2.40. The Morgan fingerprint density at radius 2 is 1.72 bits per heavy atom. The molecule has 0 atom stereocenters. The van der Waals surface area contributed by atoms with Crippen LogP contribution in [0.4, 0.5) is 11.4 Å². The molecule has 0 aromatic heterocycles. The summed E-state index contributed by atoms with van der Waals surface area (Å²) in [4.78, 5) is 2.42. The van der Waals surface area contributed by atoms with Crippen LogP contribution in [0.5, 0.6) is 0 Å². The number of rotatable bonds is 1. The summed E-state index contributed by atoms with van der Waals surface area (Å²) in [6.07, 6.45) is 8.40. The zero-order valence-corrected chi connectivity index (χ0v) is 11.5. The van der Waals surface area contributed by atoms with Crippen molar-refractivity contribution in [3.8, 4) is 0 Å². The minimum Gasteiger partial charge on any atom is -0.399 e. The Labute approximate surface area is 114 Å². The van der Waals surface area contributed by atoms with Crippen molar-refractivity contribution < 1.29 is 0 Å². The van der Waals surface area contributed by atoms with Crippen LogP contribution in [0.15, 0.2) is 18.2 Å². The van der Waals surface area contributed by atoms with Crippen LogP contribution in [0.1, 0.15) is 38.5 Å². The van der Waals surface area contributed by atoms with Crippen LogP contribution >= 0.6 is 11.6 Å². The van der Waals surface area contributed by atoms with E-state index in [-0.39, 0.29) is 0 Å². The molecule has 18 heavy (non-hydrogen) atoms. The van der Waals surface area contributed by atoms with Crippen molar-refractivity contribution in [2.75, 3.05) is 23.7 Å². The SMILES string of the molecule is Nc1ccc(N2CCC3(CCCC3)CC2)c(Cl)c1. The fourth-order valence-corrected chi connectivity index (χ4v) is 3.94. The summed E-state index contributed by atoms with van der Waals surface area (Å²) in [6.45, 7) is 2.28. The number of piperidine rings is 1. The Hall–Kier alpha value is -0.890. The zero-order chi connectivity index (χ0) is 12.6. The van der Waals surface area contributed by atoms with E-state index in [4.69, 9.17) is 17.3 Å². The molecule has 1 spiro atoms. The molecular formula is C15H21ClN2. The Kier molecular flexibility index (Phi) is 3.14. The van der Waals surface area contributed by atoms with Gasteiger partial charge < -0.3 is 10.6 Å². The third kappa shape index (κ3) is 2.18. The molecule has 0 amide bonds. The van der Waals surface area contributed by atoms with Gasteiger partial charge in [-0.2, -0.15) is 0 Å². The lowest BCUT2D eigenvalue weighted by Crippen LogP contribution is -2.39. The molecule has 1 saturated heterocycles. The van der Waals surface area contributed by atoms with Crippen LogP contribution in [0.3, 0.4) is 0 Å². The van der Waals surface area contributed by atoms with E-state index in [0.717, 1.165) is 29.5 Å². The lowest BCUT2D eigenvalue weighted by molar-refractivity contribution is 0.226. The summed E-state index contributed by atoms with van der Waals surface area (Å²) in [5, 5.41) is 0.789. The van der Waals surface area contributed by atoms with Gasteiger partial charge in [0.1, 0.15) is 0 Å². The molecule has 1 aliphatic heterocycles. The standard InChI is InChI=1S/C15H21ClN2/c16-13-11-12(17)3-4-14(13)18-9-7-15(8-10-18)5-1-2-6-15/h3-4,11H,1-2,5-10,17H2. The average Bonchev–Trinajstić information content (AvgIpc) is 2.80.